The third-order valence-electron chi connectivity index (χ3n) is 5.71. The van der Waals surface area contributed by atoms with Crippen molar-refractivity contribution in [3.05, 3.63) is 70.8 Å². The quantitative estimate of drug-likeness (QED) is 0.616. The van der Waals surface area contributed by atoms with Crippen LogP contribution in [0.1, 0.15) is 45.9 Å². The molecule has 1 heterocycles. The summed E-state index contributed by atoms with van der Waals surface area (Å²) in [6.07, 6.45) is -0.473. The van der Waals surface area contributed by atoms with E-state index in [4.69, 9.17) is 0 Å². The maximum atomic E-state index is 13.5. The van der Waals surface area contributed by atoms with Crippen molar-refractivity contribution in [3.8, 4) is 0 Å². The number of nitrogens with zero attached hydrogens (tertiary/aromatic N) is 2. The van der Waals surface area contributed by atoms with Gasteiger partial charge in [0.15, 0.2) is 6.17 Å². The van der Waals surface area contributed by atoms with Crippen LogP contribution in [0.5, 0.6) is 0 Å². The second kappa shape index (κ2) is 10.4. The number of aliphatic carboxylic acids is 1. The van der Waals surface area contributed by atoms with E-state index in [-0.39, 0.29) is 13.1 Å². The Bertz CT molecular complexity index is 1180. The predicted octanol–water partition coefficient (Wildman–Crippen LogP) is 2.07. The minimum atomic E-state index is -3.84. The maximum absolute atomic E-state index is 13.5. The molecule has 1 aliphatic rings. The topological polar surface area (TPSA) is 124 Å². The lowest BCUT2D eigenvalue weighted by molar-refractivity contribution is -0.138. The molecule has 2 N–H and O–H groups in total. The molecule has 0 spiro atoms. The molecule has 2 aromatic carbocycles. The second-order valence-electron chi connectivity index (χ2n) is 8.54. The van der Waals surface area contributed by atoms with E-state index in [9.17, 15) is 27.9 Å². The van der Waals surface area contributed by atoms with Gasteiger partial charge in [-0.3, -0.25) is 14.4 Å². The van der Waals surface area contributed by atoms with E-state index in [2.05, 4.69) is 5.32 Å². The number of sulfonamides is 1. The van der Waals surface area contributed by atoms with E-state index in [1.807, 2.05) is 19.9 Å². The third kappa shape index (κ3) is 6.00. The molecule has 9 nitrogen and oxygen atoms in total. The number of carbonyl (C=O) groups excluding carboxylic acids is 2. The molecule has 3 rings (SSSR count). The number of aryl methyl sites for hydroxylation is 2. The van der Waals surface area contributed by atoms with Crippen molar-refractivity contribution in [3.63, 3.8) is 0 Å². The highest BCUT2D eigenvalue weighted by atomic mass is 32.2. The van der Waals surface area contributed by atoms with Crippen LogP contribution in [-0.2, 0) is 19.6 Å². The molecule has 2 amide bonds. The molecule has 2 atom stereocenters. The number of rotatable bonds is 7. The lowest BCUT2D eigenvalue weighted by atomic mass is 10.0. The highest BCUT2D eigenvalue weighted by Crippen LogP contribution is 2.24. The second-order valence-corrected chi connectivity index (χ2v) is 10.5. The summed E-state index contributed by atoms with van der Waals surface area (Å²) in [6, 6.07) is 13.0. The average molecular weight is 488 g/mol. The summed E-state index contributed by atoms with van der Waals surface area (Å²) >= 11 is 0. The van der Waals surface area contributed by atoms with Crippen molar-refractivity contribution in [1.29, 1.82) is 0 Å². The van der Waals surface area contributed by atoms with Gasteiger partial charge in [0.2, 0.25) is 10.0 Å². The van der Waals surface area contributed by atoms with Crippen molar-refractivity contribution in [1.82, 2.24) is 14.5 Å². The molecular formula is C24H29N3O6S. The minimum absolute atomic E-state index is 0.0721. The van der Waals surface area contributed by atoms with Gasteiger partial charge in [-0.05, 0) is 38.0 Å². The first-order chi connectivity index (χ1) is 16.0. The van der Waals surface area contributed by atoms with Crippen LogP contribution in [0.15, 0.2) is 48.5 Å². The Hall–Kier alpha value is -3.24. The van der Waals surface area contributed by atoms with E-state index in [0.717, 1.165) is 21.7 Å². The Morgan fingerprint density at radius 2 is 1.74 bits per heavy atom. The van der Waals surface area contributed by atoms with Crippen LogP contribution in [0.3, 0.4) is 0 Å². The van der Waals surface area contributed by atoms with Crippen LogP contribution in [0.2, 0.25) is 0 Å². The molecule has 0 radical (unpaired) electrons. The fourth-order valence-corrected chi connectivity index (χ4v) is 5.08. The molecule has 1 fully saturated rings. The maximum Gasteiger partial charge on any atom is 0.305 e. The van der Waals surface area contributed by atoms with Gasteiger partial charge in [-0.15, -0.1) is 0 Å². The predicted molar refractivity (Wildman–Crippen MR) is 126 cm³/mol. The van der Waals surface area contributed by atoms with Crippen LogP contribution < -0.4 is 5.32 Å². The van der Waals surface area contributed by atoms with Gasteiger partial charge in [0.25, 0.3) is 11.8 Å². The Morgan fingerprint density at radius 3 is 2.32 bits per heavy atom. The Labute approximate surface area is 199 Å². The van der Waals surface area contributed by atoms with E-state index in [0.29, 0.717) is 17.5 Å². The van der Waals surface area contributed by atoms with Crippen LogP contribution >= 0.6 is 0 Å². The smallest absolute Gasteiger partial charge is 0.305 e. The molecule has 0 saturated carbocycles. The molecule has 2 aromatic rings. The largest absolute Gasteiger partial charge is 0.481 e. The van der Waals surface area contributed by atoms with Crippen molar-refractivity contribution in [2.75, 3.05) is 19.3 Å². The monoisotopic (exact) mass is 487 g/mol. The summed E-state index contributed by atoms with van der Waals surface area (Å²) in [5.41, 5.74) is 2.75. The van der Waals surface area contributed by atoms with E-state index >= 15 is 0 Å². The highest BCUT2D eigenvalue weighted by molar-refractivity contribution is 7.88. The van der Waals surface area contributed by atoms with Gasteiger partial charge in [-0.1, -0.05) is 47.5 Å². The number of amides is 2. The number of carboxylic acid groups (broad SMARTS) is 1. The average Bonchev–Trinajstić information content (AvgIpc) is 2.77. The van der Waals surface area contributed by atoms with Crippen LogP contribution in [-0.4, -0.2) is 66.0 Å². The highest BCUT2D eigenvalue weighted by Gasteiger charge is 2.43. The van der Waals surface area contributed by atoms with Gasteiger partial charge in [0.05, 0.1) is 18.7 Å². The van der Waals surface area contributed by atoms with Gasteiger partial charge in [-0.25, -0.2) is 8.42 Å². The SMILES string of the molecule is Cc1ccc(C(=O)N2CCCN(S(C)(=O)=O)C2C(=O)NC(CC(=O)O)c2cccc(C)c2)cc1. The molecule has 34 heavy (non-hydrogen) atoms. The van der Waals surface area contributed by atoms with E-state index < -0.39 is 46.4 Å². The molecule has 0 bridgehead atoms. The van der Waals surface area contributed by atoms with E-state index in [1.54, 1.807) is 42.5 Å². The lowest BCUT2D eigenvalue weighted by Gasteiger charge is -2.41. The van der Waals surface area contributed by atoms with Gasteiger partial charge >= 0.3 is 5.97 Å². The first-order valence-electron chi connectivity index (χ1n) is 10.9. The van der Waals surface area contributed by atoms with Gasteiger partial charge in [0.1, 0.15) is 0 Å². The molecule has 2 unspecified atom stereocenters. The fourth-order valence-electron chi connectivity index (χ4n) is 4.05. The third-order valence-corrected chi connectivity index (χ3v) is 6.94. The molecule has 1 saturated heterocycles. The summed E-state index contributed by atoms with van der Waals surface area (Å²) in [6.45, 7) is 3.98. The molecule has 10 heteroatoms. The zero-order chi connectivity index (χ0) is 25.0. The summed E-state index contributed by atoms with van der Waals surface area (Å²) in [5, 5.41) is 12.1. The molecule has 0 aliphatic carbocycles. The number of nitrogens with one attached hydrogen (secondary N) is 1. The van der Waals surface area contributed by atoms with Gasteiger partial charge in [0, 0.05) is 18.7 Å². The Balaban J connectivity index is 1.97. The van der Waals surface area contributed by atoms with Crippen LogP contribution in [0, 0.1) is 13.8 Å². The van der Waals surface area contributed by atoms with Crippen LogP contribution in [0.25, 0.3) is 0 Å². The fraction of sp³-hybridized carbons (Fsp3) is 0.375. The normalized spacial score (nSPS) is 17.7. The lowest BCUT2D eigenvalue weighted by Crippen LogP contribution is -2.63. The van der Waals surface area contributed by atoms with Crippen molar-refractivity contribution < 1.29 is 27.9 Å². The molecule has 182 valence electrons. The first kappa shape index (κ1) is 25.4. The Morgan fingerprint density at radius 1 is 1.06 bits per heavy atom. The first-order valence-corrected chi connectivity index (χ1v) is 12.8. The zero-order valence-electron chi connectivity index (χ0n) is 19.4. The summed E-state index contributed by atoms with van der Waals surface area (Å²) in [7, 11) is -3.84. The minimum Gasteiger partial charge on any atom is -0.481 e. The van der Waals surface area contributed by atoms with Crippen molar-refractivity contribution >= 4 is 27.8 Å². The van der Waals surface area contributed by atoms with Crippen molar-refractivity contribution in [2.45, 2.75) is 38.9 Å². The van der Waals surface area contributed by atoms with Crippen molar-refractivity contribution in [2.24, 2.45) is 0 Å². The standard InChI is InChI=1S/C24H29N3O6S/c1-16-8-10-18(11-9-16)24(31)26-12-5-13-27(34(3,32)33)23(26)22(30)25-20(15-21(28)29)19-7-4-6-17(2)14-19/h4,6-11,14,20,23H,5,12-13,15H2,1-3H3,(H,25,30)(H,28,29). The number of benzene rings is 2. The van der Waals surface area contributed by atoms with Gasteiger partial charge < -0.3 is 15.3 Å². The zero-order valence-corrected chi connectivity index (χ0v) is 20.2. The summed E-state index contributed by atoms with van der Waals surface area (Å²) in [4.78, 5) is 39.6. The summed E-state index contributed by atoms with van der Waals surface area (Å²) < 4.78 is 26.1. The number of hydrogen-bond donors (Lipinski definition) is 2. The van der Waals surface area contributed by atoms with E-state index in [1.165, 1.54) is 4.90 Å². The number of carbonyl (C=O) groups is 3. The molecule has 0 aromatic heterocycles. The number of hydrogen-bond acceptors (Lipinski definition) is 5. The summed E-state index contributed by atoms with van der Waals surface area (Å²) in [5.74, 6) is -2.35. The Kier molecular flexibility index (Phi) is 7.73. The molecule has 1 aliphatic heterocycles. The molecular weight excluding hydrogens is 458 g/mol. The number of carboxylic acids is 1. The van der Waals surface area contributed by atoms with Crippen LogP contribution in [0.4, 0.5) is 0 Å². The van der Waals surface area contributed by atoms with Gasteiger partial charge in [-0.2, -0.15) is 4.31 Å².